The lowest BCUT2D eigenvalue weighted by Gasteiger charge is -2.28. The number of aromatic nitrogens is 3. The predicted molar refractivity (Wildman–Crippen MR) is 156 cm³/mol. The molecule has 12 heteroatoms. The number of ether oxygens (including phenoxy) is 1. The van der Waals surface area contributed by atoms with E-state index in [1.165, 1.54) is 16.2 Å². The Morgan fingerprint density at radius 2 is 2.05 bits per heavy atom. The Labute approximate surface area is 243 Å². The van der Waals surface area contributed by atoms with Crippen molar-refractivity contribution in [3.8, 4) is 23.3 Å². The summed E-state index contributed by atoms with van der Waals surface area (Å²) in [4.78, 5) is 32.2. The average Bonchev–Trinajstić information content (AvgIpc) is 3.74. The molecule has 0 saturated carbocycles. The van der Waals surface area contributed by atoms with Crippen LogP contribution in [0, 0.1) is 11.8 Å². The summed E-state index contributed by atoms with van der Waals surface area (Å²) in [7, 11) is 0. The van der Waals surface area contributed by atoms with Gasteiger partial charge in [0.05, 0.1) is 17.8 Å². The molecule has 3 heterocycles. The fraction of sp³-hybridized carbons (Fsp3) is 0.448. The molecule has 0 unspecified atom stereocenters. The first kappa shape index (κ1) is 30.0. The Hall–Kier alpha value is -3.92. The van der Waals surface area contributed by atoms with Crippen LogP contribution in [0.5, 0.6) is 5.75 Å². The van der Waals surface area contributed by atoms with Gasteiger partial charge >= 0.3 is 0 Å². The zero-order chi connectivity index (χ0) is 29.5. The zero-order valence-electron chi connectivity index (χ0n) is 23.6. The fourth-order valence-electron chi connectivity index (χ4n) is 4.62. The molecule has 4 N–H and O–H groups in total. The number of carbonyl (C=O) groups is 2. The normalized spacial score (nSPS) is 17.0. The molecule has 2 aromatic heterocycles. The number of benzene rings is 1. The van der Waals surface area contributed by atoms with Crippen LogP contribution < -0.4 is 15.4 Å². The minimum Gasteiger partial charge on any atom is -0.479 e. The molecule has 11 nitrogen and oxygen atoms in total. The number of likely N-dealkylation sites (tertiary alicyclic amines) is 1. The van der Waals surface area contributed by atoms with Gasteiger partial charge in [-0.1, -0.05) is 12.0 Å². The van der Waals surface area contributed by atoms with Gasteiger partial charge in [-0.05, 0) is 64.3 Å². The van der Waals surface area contributed by atoms with E-state index in [-0.39, 0.29) is 18.7 Å². The van der Waals surface area contributed by atoms with E-state index in [1.54, 1.807) is 49.1 Å². The number of thiazole rings is 1. The van der Waals surface area contributed by atoms with Crippen molar-refractivity contribution in [1.82, 2.24) is 25.0 Å². The first-order chi connectivity index (χ1) is 19.7. The Morgan fingerprint density at radius 1 is 1.24 bits per heavy atom. The molecule has 218 valence electrons. The van der Waals surface area contributed by atoms with E-state index in [1.807, 2.05) is 25.3 Å². The summed E-state index contributed by atoms with van der Waals surface area (Å²) in [6, 6.07) is 6.50. The molecule has 0 bridgehead atoms. The van der Waals surface area contributed by atoms with Crippen molar-refractivity contribution in [1.29, 1.82) is 0 Å². The monoisotopic (exact) mass is 580 g/mol. The van der Waals surface area contributed by atoms with Crippen molar-refractivity contribution in [3.63, 3.8) is 0 Å². The Bertz CT molecular complexity index is 1400. The molecule has 1 fully saturated rings. The van der Waals surface area contributed by atoms with Gasteiger partial charge in [-0.2, -0.15) is 5.10 Å². The molecule has 4 rings (SSSR count). The summed E-state index contributed by atoms with van der Waals surface area (Å²) in [6.45, 7) is 8.07. The predicted octanol–water partition coefficient (Wildman–Crippen LogP) is 2.81. The van der Waals surface area contributed by atoms with Crippen molar-refractivity contribution in [3.05, 3.63) is 53.3 Å². The van der Waals surface area contributed by atoms with Crippen molar-refractivity contribution < 1.29 is 24.5 Å². The quantitative estimate of drug-likeness (QED) is 0.254. The molecule has 1 aromatic carbocycles. The summed E-state index contributed by atoms with van der Waals surface area (Å²) < 4.78 is 7.50. The second-order valence-corrected chi connectivity index (χ2v) is 10.9. The van der Waals surface area contributed by atoms with E-state index < -0.39 is 30.1 Å². The highest BCUT2D eigenvalue weighted by Crippen LogP contribution is 2.34. The highest BCUT2D eigenvalue weighted by atomic mass is 32.1. The standard InChI is InChI=1S/C29H36N6O5S/c1-5-6-15-40-24-16-20(10-11-23(24)35-14-8-12-30-35)19(4)32-27(38)25(36)26(37)28(39)34-13-7-9-22(34)21-17-41-29(33-21)31-18(2)3/h8,10-12,14,16-19,22,25-26,36-37H,7,9,13,15H2,1-4H3,(H,31,33)(H,32,38)/t19-,22-,25-,26-/m1/s1. The number of carbonyl (C=O) groups excluding carboxylic acids is 2. The molecule has 0 spiro atoms. The average molecular weight is 581 g/mol. The van der Waals surface area contributed by atoms with Crippen LogP contribution in [-0.2, 0) is 9.59 Å². The van der Waals surface area contributed by atoms with Crippen LogP contribution in [0.2, 0.25) is 0 Å². The van der Waals surface area contributed by atoms with Crippen LogP contribution in [0.1, 0.15) is 63.9 Å². The Balaban J connectivity index is 1.42. The highest BCUT2D eigenvalue weighted by molar-refractivity contribution is 7.13. The lowest BCUT2D eigenvalue weighted by molar-refractivity contribution is -0.154. The lowest BCUT2D eigenvalue weighted by Crippen LogP contribution is -2.51. The summed E-state index contributed by atoms with van der Waals surface area (Å²) in [5.74, 6) is 4.59. The number of nitrogens with one attached hydrogen (secondary N) is 2. The van der Waals surface area contributed by atoms with Gasteiger partial charge in [0, 0.05) is 30.4 Å². The van der Waals surface area contributed by atoms with E-state index in [2.05, 4.69) is 32.6 Å². The van der Waals surface area contributed by atoms with E-state index in [4.69, 9.17) is 4.74 Å². The van der Waals surface area contributed by atoms with E-state index in [9.17, 15) is 19.8 Å². The summed E-state index contributed by atoms with van der Waals surface area (Å²) in [5, 5.41) is 34.2. The minimum absolute atomic E-state index is 0.177. The van der Waals surface area contributed by atoms with Crippen molar-refractivity contribution in [2.45, 2.75) is 70.9 Å². The van der Waals surface area contributed by atoms with Crippen LogP contribution in [0.3, 0.4) is 0 Å². The van der Waals surface area contributed by atoms with E-state index in [0.29, 0.717) is 30.0 Å². The number of nitrogens with zero attached hydrogens (tertiary/aromatic N) is 4. The molecule has 1 saturated heterocycles. The van der Waals surface area contributed by atoms with Crippen LogP contribution in [-0.4, -0.2) is 73.1 Å². The van der Waals surface area contributed by atoms with Gasteiger partial charge < -0.3 is 30.5 Å². The largest absolute Gasteiger partial charge is 0.479 e. The third-order valence-electron chi connectivity index (χ3n) is 6.70. The first-order valence-corrected chi connectivity index (χ1v) is 14.4. The molecule has 1 aliphatic heterocycles. The second kappa shape index (κ2) is 13.6. The summed E-state index contributed by atoms with van der Waals surface area (Å²) >= 11 is 1.45. The smallest absolute Gasteiger partial charge is 0.255 e. The van der Waals surface area contributed by atoms with E-state index >= 15 is 0 Å². The highest BCUT2D eigenvalue weighted by Gasteiger charge is 2.39. The SMILES string of the molecule is CC#CCOc1cc([C@@H](C)NC(=O)[C@H](O)[C@@H](O)C(=O)N2CCC[C@@H]2c2csc(NC(C)C)n2)ccc1-n1cccn1. The van der Waals surface area contributed by atoms with Crippen molar-refractivity contribution in [2.24, 2.45) is 0 Å². The van der Waals surface area contributed by atoms with Crippen LogP contribution in [0.15, 0.2) is 42.0 Å². The van der Waals surface area contributed by atoms with Gasteiger partial charge in [0.1, 0.15) is 18.0 Å². The number of rotatable bonds is 11. The Morgan fingerprint density at radius 3 is 2.76 bits per heavy atom. The number of hydrogen-bond donors (Lipinski definition) is 4. The van der Waals surface area contributed by atoms with E-state index in [0.717, 1.165) is 17.2 Å². The molecular weight excluding hydrogens is 544 g/mol. The van der Waals surface area contributed by atoms with Gasteiger partial charge in [-0.15, -0.1) is 17.3 Å². The number of hydrogen-bond acceptors (Lipinski definition) is 9. The molecule has 41 heavy (non-hydrogen) atoms. The maximum Gasteiger partial charge on any atom is 0.255 e. The van der Waals surface area contributed by atoms with Crippen LogP contribution in [0.25, 0.3) is 5.69 Å². The lowest BCUT2D eigenvalue weighted by atomic mass is 10.1. The summed E-state index contributed by atoms with van der Waals surface area (Å²) in [6.07, 6.45) is 1.00. The molecule has 0 aliphatic carbocycles. The van der Waals surface area contributed by atoms with Gasteiger partial charge in [-0.25, -0.2) is 9.67 Å². The maximum atomic E-state index is 13.2. The molecule has 0 radical (unpaired) electrons. The van der Waals surface area contributed by atoms with Gasteiger partial charge in [0.15, 0.2) is 17.3 Å². The topological polar surface area (TPSA) is 142 Å². The fourth-order valence-corrected chi connectivity index (χ4v) is 5.53. The molecule has 1 aliphatic rings. The maximum absolute atomic E-state index is 13.2. The number of amides is 2. The number of aliphatic hydroxyl groups is 2. The van der Waals surface area contributed by atoms with Crippen LogP contribution in [0.4, 0.5) is 5.13 Å². The third-order valence-corrected chi connectivity index (χ3v) is 7.49. The van der Waals surface area contributed by atoms with Gasteiger partial charge in [0.25, 0.3) is 11.8 Å². The summed E-state index contributed by atoms with van der Waals surface area (Å²) in [5.41, 5.74) is 2.12. The molecular formula is C29H36N6O5S. The van der Waals surface area contributed by atoms with Crippen LogP contribution >= 0.6 is 11.3 Å². The number of aliphatic hydroxyl groups excluding tert-OH is 2. The Kier molecular flexibility index (Phi) is 9.99. The molecule has 3 aromatic rings. The minimum atomic E-state index is -1.95. The first-order valence-electron chi connectivity index (χ1n) is 13.5. The number of anilines is 1. The van der Waals surface area contributed by atoms with Gasteiger partial charge in [-0.3, -0.25) is 9.59 Å². The molecule has 4 atom stereocenters. The third kappa shape index (κ3) is 7.24. The van der Waals surface area contributed by atoms with Crippen molar-refractivity contribution in [2.75, 3.05) is 18.5 Å². The second-order valence-electron chi connectivity index (χ2n) is 10.1. The molecule has 2 amide bonds. The van der Waals surface area contributed by atoms with Gasteiger partial charge in [0.2, 0.25) is 0 Å². The zero-order valence-corrected chi connectivity index (χ0v) is 24.4. The van der Waals surface area contributed by atoms with Crippen molar-refractivity contribution >= 4 is 28.3 Å².